The number of carbonyl (C=O) groups excluding carboxylic acids is 1. The smallest absolute Gasteiger partial charge is 0.340 e. The fraction of sp³-hybridized carbons (Fsp3) is 0.412. The number of nitrogens with zero attached hydrogens (tertiary/aromatic N) is 3. The number of carbonyl (C=O) groups is 1. The Kier molecular flexibility index (Phi) is 7.79. The summed E-state index contributed by atoms with van der Waals surface area (Å²) in [5.74, 6) is -0.296. The van der Waals surface area contributed by atoms with E-state index in [1.807, 2.05) is 6.20 Å². The van der Waals surface area contributed by atoms with Gasteiger partial charge in [0.15, 0.2) is 5.60 Å². The summed E-state index contributed by atoms with van der Waals surface area (Å²) in [6, 6.07) is 16.9. The molecule has 0 amide bonds. The first-order valence-corrected chi connectivity index (χ1v) is 14.6. The summed E-state index contributed by atoms with van der Waals surface area (Å²) in [6.07, 6.45) is 9.63. The third-order valence-corrected chi connectivity index (χ3v) is 8.45. The lowest BCUT2D eigenvalue weighted by Crippen LogP contribution is -2.32. The average Bonchev–Trinajstić information content (AvgIpc) is 3.40. The number of rotatable bonds is 11. The SMILES string of the molecule is CCCCCCCn1c(C)c(C2(c3ccc(N(CC)CC)cc3C)OC(=O)c3ccncc32)c2ccccc21. The van der Waals surface area contributed by atoms with Crippen molar-refractivity contribution in [2.24, 2.45) is 0 Å². The van der Waals surface area contributed by atoms with E-state index >= 15 is 0 Å². The fourth-order valence-corrected chi connectivity index (χ4v) is 6.49. The molecule has 39 heavy (non-hydrogen) atoms. The molecule has 5 heteroatoms. The minimum Gasteiger partial charge on any atom is -0.440 e. The van der Waals surface area contributed by atoms with E-state index in [4.69, 9.17) is 4.74 Å². The maximum Gasteiger partial charge on any atom is 0.340 e. The number of aryl methyl sites for hydroxylation is 2. The van der Waals surface area contributed by atoms with E-state index in [0.29, 0.717) is 5.56 Å². The topological polar surface area (TPSA) is 47.4 Å². The van der Waals surface area contributed by atoms with Gasteiger partial charge in [-0.25, -0.2) is 4.79 Å². The van der Waals surface area contributed by atoms with Crippen molar-refractivity contribution in [3.8, 4) is 0 Å². The van der Waals surface area contributed by atoms with Gasteiger partial charge >= 0.3 is 5.97 Å². The molecule has 2 aromatic heterocycles. The molecule has 0 fully saturated rings. The van der Waals surface area contributed by atoms with Crippen molar-refractivity contribution in [3.63, 3.8) is 0 Å². The third kappa shape index (κ3) is 4.52. The first kappa shape index (κ1) is 27.0. The van der Waals surface area contributed by atoms with Gasteiger partial charge in [-0.3, -0.25) is 4.98 Å². The van der Waals surface area contributed by atoms with Crippen LogP contribution < -0.4 is 4.90 Å². The number of para-hydroxylation sites is 1. The van der Waals surface area contributed by atoms with E-state index in [0.717, 1.165) is 59.4 Å². The monoisotopic (exact) mass is 523 g/mol. The Morgan fingerprint density at radius 3 is 2.44 bits per heavy atom. The van der Waals surface area contributed by atoms with Gasteiger partial charge in [-0.1, -0.05) is 56.9 Å². The second-order valence-electron chi connectivity index (χ2n) is 10.7. The molecule has 204 valence electrons. The van der Waals surface area contributed by atoms with Crippen LogP contribution in [0.3, 0.4) is 0 Å². The minimum atomic E-state index is -1.07. The van der Waals surface area contributed by atoms with Crippen molar-refractivity contribution in [3.05, 3.63) is 94.4 Å². The number of unbranched alkanes of at least 4 members (excludes halogenated alkanes) is 4. The van der Waals surface area contributed by atoms with Crippen molar-refractivity contribution >= 4 is 22.6 Å². The third-order valence-electron chi connectivity index (χ3n) is 8.45. The van der Waals surface area contributed by atoms with Crippen LogP contribution in [0.2, 0.25) is 0 Å². The molecule has 4 aromatic rings. The normalized spacial score (nSPS) is 16.5. The van der Waals surface area contributed by atoms with Crippen molar-refractivity contribution in [1.82, 2.24) is 9.55 Å². The van der Waals surface area contributed by atoms with E-state index in [-0.39, 0.29) is 5.97 Å². The molecule has 3 heterocycles. The number of hydrogen-bond acceptors (Lipinski definition) is 4. The zero-order valence-corrected chi connectivity index (χ0v) is 24.1. The number of benzene rings is 2. The number of anilines is 1. The number of pyridine rings is 1. The first-order valence-electron chi connectivity index (χ1n) is 14.6. The Balaban J connectivity index is 1.74. The molecular formula is C34H41N3O2. The Labute approximate surface area is 232 Å². The van der Waals surface area contributed by atoms with Gasteiger partial charge in [0.05, 0.1) is 5.56 Å². The Hall–Kier alpha value is -3.60. The van der Waals surface area contributed by atoms with E-state index < -0.39 is 5.60 Å². The number of hydrogen-bond donors (Lipinski definition) is 0. The van der Waals surface area contributed by atoms with Gasteiger partial charge in [0.2, 0.25) is 0 Å². The van der Waals surface area contributed by atoms with Crippen molar-refractivity contribution in [2.75, 3.05) is 18.0 Å². The summed E-state index contributed by atoms with van der Waals surface area (Å²) in [6.45, 7) is 13.7. The van der Waals surface area contributed by atoms with Crippen LogP contribution in [0.5, 0.6) is 0 Å². The molecule has 1 aliphatic rings. The van der Waals surface area contributed by atoms with E-state index in [1.165, 1.54) is 36.9 Å². The Bertz CT molecular complexity index is 1480. The average molecular weight is 524 g/mol. The van der Waals surface area contributed by atoms with Crippen molar-refractivity contribution < 1.29 is 9.53 Å². The van der Waals surface area contributed by atoms with E-state index in [9.17, 15) is 4.79 Å². The molecule has 2 aromatic carbocycles. The lowest BCUT2D eigenvalue weighted by molar-refractivity contribution is 0.0251. The predicted octanol–water partition coefficient (Wildman–Crippen LogP) is 7.93. The van der Waals surface area contributed by atoms with Crippen molar-refractivity contribution in [1.29, 1.82) is 0 Å². The highest BCUT2D eigenvalue weighted by atomic mass is 16.6. The first-order chi connectivity index (χ1) is 19.0. The quantitative estimate of drug-likeness (QED) is 0.148. The highest BCUT2D eigenvalue weighted by Crippen LogP contribution is 2.51. The number of ether oxygens (including phenoxy) is 1. The van der Waals surface area contributed by atoms with Gasteiger partial charge in [-0.15, -0.1) is 0 Å². The summed E-state index contributed by atoms with van der Waals surface area (Å²) < 4.78 is 9.01. The molecular weight excluding hydrogens is 482 g/mol. The van der Waals surface area contributed by atoms with E-state index in [2.05, 4.69) is 91.5 Å². The summed E-state index contributed by atoms with van der Waals surface area (Å²) >= 11 is 0. The molecule has 1 atom stereocenters. The van der Waals surface area contributed by atoms with Gasteiger partial charge in [0, 0.05) is 71.0 Å². The second-order valence-corrected chi connectivity index (χ2v) is 10.7. The highest BCUT2D eigenvalue weighted by molar-refractivity contribution is 5.98. The molecule has 5 rings (SSSR count). The zero-order valence-electron chi connectivity index (χ0n) is 24.1. The van der Waals surface area contributed by atoms with Crippen LogP contribution in [0.25, 0.3) is 10.9 Å². The van der Waals surface area contributed by atoms with Gasteiger partial charge in [0.1, 0.15) is 0 Å². The van der Waals surface area contributed by atoms with Crippen LogP contribution in [-0.4, -0.2) is 28.6 Å². The zero-order chi connectivity index (χ0) is 27.6. The minimum absolute atomic E-state index is 0.296. The van der Waals surface area contributed by atoms with E-state index in [1.54, 1.807) is 12.3 Å². The number of fused-ring (bicyclic) bond motifs is 2. The van der Waals surface area contributed by atoms with Crippen molar-refractivity contribution in [2.45, 2.75) is 78.9 Å². The fourth-order valence-electron chi connectivity index (χ4n) is 6.49. The standard InChI is InChI=1S/C34H41N3O2/c1-6-9-10-11-14-21-37-25(5)32(28-15-12-13-16-31(28)37)34(30-23-35-20-19-27(30)33(38)39-34)29-18-17-26(22-24(29)4)36(7-2)8-3/h12-13,15-20,22-23H,6-11,14,21H2,1-5H3. The molecule has 1 aliphatic heterocycles. The van der Waals surface area contributed by atoms with Crippen LogP contribution in [0.1, 0.15) is 91.2 Å². The van der Waals surface area contributed by atoms with Gasteiger partial charge in [-0.2, -0.15) is 0 Å². The summed E-state index contributed by atoms with van der Waals surface area (Å²) in [4.78, 5) is 20.3. The van der Waals surface area contributed by atoms with Gasteiger partial charge in [0.25, 0.3) is 0 Å². The summed E-state index contributed by atoms with van der Waals surface area (Å²) in [7, 11) is 0. The van der Waals surface area contributed by atoms with Crippen LogP contribution in [0.15, 0.2) is 60.9 Å². The van der Waals surface area contributed by atoms with Crippen LogP contribution in [-0.2, 0) is 16.9 Å². The number of esters is 1. The molecule has 1 unspecified atom stereocenters. The van der Waals surface area contributed by atoms with Crippen LogP contribution in [0.4, 0.5) is 5.69 Å². The maximum atomic E-state index is 13.5. The molecule has 0 N–H and O–H groups in total. The molecule has 0 bridgehead atoms. The predicted molar refractivity (Wildman–Crippen MR) is 160 cm³/mol. The molecule has 0 radical (unpaired) electrons. The summed E-state index contributed by atoms with van der Waals surface area (Å²) in [5.41, 5.74) is 6.99. The highest BCUT2D eigenvalue weighted by Gasteiger charge is 2.52. The molecule has 0 saturated heterocycles. The van der Waals surface area contributed by atoms with Gasteiger partial charge in [-0.05, 0) is 63.9 Å². The molecule has 0 spiro atoms. The maximum absolute atomic E-state index is 13.5. The molecule has 5 nitrogen and oxygen atoms in total. The second kappa shape index (κ2) is 11.3. The van der Waals surface area contributed by atoms with Gasteiger partial charge < -0.3 is 14.2 Å². The number of cyclic esters (lactones) is 1. The lowest BCUT2D eigenvalue weighted by Gasteiger charge is -2.33. The molecule has 0 aliphatic carbocycles. The number of aromatic nitrogens is 2. The van der Waals surface area contributed by atoms with Crippen LogP contribution >= 0.6 is 0 Å². The summed E-state index contributed by atoms with van der Waals surface area (Å²) in [5, 5.41) is 1.13. The van der Waals surface area contributed by atoms with Crippen LogP contribution in [0, 0.1) is 13.8 Å². The Morgan fingerprint density at radius 1 is 0.923 bits per heavy atom. The lowest BCUT2D eigenvalue weighted by atomic mass is 9.77. The largest absolute Gasteiger partial charge is 0.440 e. The molecule has 0 saturated carbocycles. The Morgan fingerprint density at radius 2 is 1.69 bits per heavy atom.